The highest BCUT2D eigenvalue weighted by molar-refractivity contribution is 5.81. The number of benzene rings is 2. The molecule has 1 aromatic heterocycles. The molecule has 0 saturated heterocycles. The van der Waals surface area contributed by atoms with Crippen molar-refractivity contribution in [3.63, 3.8) is 0 Å². The number of aromatic nitrogens is 2. The molecule has 3 rings (SSSR count). The molecule has 1 heterocycles. The van der Waals surface area contributed by atoms with Gasteiger partial charge in [-0.05, 0) is 36.2 Å². The van der Waals surface area contributed by atoms with Gasteiger partial charge < -0.3 is 5.32 Å². The maximum absolute atomic E-state index is 4.02. The zero-order valence-corrected chi connectivity index (χ0v) is 10.3. The third-order valence-electron chi connectivity index (χ3n) is 3.18. The normalized spacial score (nSPS) is 10.7. The number of hydrogen-bond donors (Lipinski definition) is 2. The molecule has 0 radical (unpaired) electrons. The van der Waals surface area contributed by atoms with Gasteiger partial charge in [0, 0.05) is 17.6 Å². The molecule has 0 aliphatic rings. The fourth-order valence-corrected chi connectivity index (χ4v) is 2.06. The minimum atomic E-state index is 0.843. The van der Waals surface area contributed by atoms with Crippen LogP contribution in [0.2, 0.25) is 0 Å². The van der Waals surface area contributed by atoms with Crippen LogP contribution in [-0.2, 0) is 6.54 Å². The standard InChI is InChI=1S/C15H15N3/c1-11-4-2-3-5-12(11)9-16-14-6-7-15-13(8-14)10-17-18-15/h2-8,10,16H,9H2,1H3,(H,17,18). The quantitative estimate of drug-likeness (QED) is 0.732. The summed E-state index contributed by atoms with van der Waals surface area (Å²) in [7, 11) is 0. The Morgan fingerprint density at radius 3 is 2.94 bits per heavy atom. The maximum atomic E-state index is 4.02. The molecule has 0 amide bonds. The Hall–Kier alpha value is -2.29. The molecule has 0 spiro atoms. The van der Waals surface area contributed by atoms with Crippen molar-refractivity contribution in [2.24, 2.45) is 0 Å². The summed E-state index contributed by atoms with van der Waals surface area (Å²) < 4.78 is 0. The van der Waals surface area contributed by atoms with Crippen molar-refractivity contribution < 1.29 is 0 Å². The Bertz CT molecular complexity index is 670. The van der Waals surface area contributed by atoms with Gasteiger partial charge in [-0.2, -0.15) is 5.10 Å². The van der Waals surface area contributed by atoms with Crippen LogP contribution in [0.15, 0.2) is 48.7 Å². The number of nitrogens with zero attached hydrogens (tertiary/aromatic N) is 1. The average molecular weight is 237 g/mol. The number of hydrogen-bond acceptors (Lipinski definition) is 2. The molecular weight excluding hydrogens is 222 g/mol. The predicted molar refractivity (Wildman–Crippen MR) is 74.6 cm³/mol. The zero-order chi connectivity index (χ0) is 12.4. The average Bonchev–Trinajstić information content (AvgIpc) is 2.85. The summed E-state index contributed by atoms with van der Waals surface area (Å²) in [5.74, 6) is 0. The van der Waals surface area contributed by atoms with Gasteiger partial charge in [0.15, 0.2) is 0 Å². The first kappa shape index (κ1) is 10.8. The first-order valence-corrected chi connectivity index (χ1v) is 6.04. The van der Waals surface area contributed by atoms with Crippen LogP contribution in [-0.4, -0.2) is 10.2 Å². The number of H-pyrrole nitrogens is 1. The van der Waals surface area contributed by atoms with Crippen LogP contribution in [0.4, 0.5) is 5.69 Å². The summed E-state index contributed by atoms with van der Waals surface area (Å²) in [6.45, 7) is 2.98. The van der Waals surface area contributed by atoms with E-state index in [-0.39, 0.29) is 0 Å². The van der Waals surface area contributed by atoms with Crippen LogP contribution in [0.5, 0.6) is 0 Å². The lowest BCUT2D eigenvalue weighted by Gasteiger charge is -2.08. The molecule has 0 fully saturated rings. The molecule has 3 heteroatoms. The second kappa shape index (κ2) is 4.53. The lowest BCUT2D eigenvalue weighted by Crippen LogP contribution is -2.00. The molecule has 3 aromatic rings. The molecule has 0 aliphatic carbocycles. The summed E-state index contributed by atoms with van der Waals surface area (Å²) in [5.41, 5.74) is 4.82. The number of nitrogens with one attached hydrogen (secondary N) is 2. The van der Waals surface area contributed by atoms with E-state index >= 15 is 0 Å². The van der Waals surface area contributed by atoms with Crippen molar-refractivity contribution in [1.29, 1.82) is 0 Å². The van der Waals surface area contributed by atoms with Crippen molar-refractivity contribution in [3.05, 3.63) is 59.8 Å². The molecule has 2 aromatic carbocycles. The van der Waals surface area contributed by atoms with E-state index in [4.69, 9.17) is 0 Å². The van der Waals surface area contributed by atoms with Crippen LogP contribution >= 0.6 is 0 Å². The molecule has 0 saturated carbocycles. The Morgan fingerprint density at radius 1 is 1.17 bits per heavy atom. The molecule has 0 aliphatic heterocycles. The summed E-state index contributed by atoms with van der Waals surface area (Å²) in [5, 5.41) is 11.5. The lowest BCUT2D eigenvalue weighted by molar-refractivity contribution is 1.12. The second-order valence-corrected chi connectivity index (χ2v) is 4.45. The van der Waals surface area contributed by atoms with Gasteiger partial charge in [-0.3, -0.25) is 5.10 Å². The number of aromatic amines is 1. The third kappa shape index (κ3) is 2.07. The van der Waals surface area contributed by atoms with Gasteiger partial charge in [-0.15, -0.1) is 0 Å². The molecule has 0 bridgehead atoms. The molecule has 90 valence electrons. The summed E-state index contributed by atoms with van der Waals surface area (Å²) >= 11 is 0. The molecule has 0 atom stereocenters. The van der Waals surface area contributed by atoms with E-state index in [1.165, 1.54) is 11.1 Å². The number of anilines is 1. The topological polar surface area (TPSA) is 40.7 Å². The van der Waals surface area contributed by atoms with Crippen LogP contribution in [0, 0.1) is 6.92 Å². The zero-order valence-electron chi connectivity index (χ0n) is 10.3. The predicted octanol–water partition coefficient (Wildman–Crippen LogP) is 3.48. The molecular formula is C15H15N3. The maximum Gasteiger partial charge on any atom is 0.0651 e. The largest absolute Gasteiger partial charge is 0.381 e. The van der Waals surface area contributed by atoms with Gasteiger partial charge in [0.05, 0.1) is 11.7 Å². The molecule has 0 unspecified atom stereocenters. The highest BCUT2D eigenvalue weighted by Gasteiger charge is 1.99. The monoisotopic (exact) mass is 237 g/mol. The smallest absolute Gasteiger partial charge is 0.0651 e. The van der Waals surface area contributed by atoms with Gasteiger partial charge in [0.1, 0.15) is 0 Å². The Balaban J connectivity index is 1.78. The molecule has 3 nitrogen and oxygen atoms in total. The first-order chi connectivity index (χ1) is 8.83. The van der Waals surface area contributed by atoms with Crippen molar-refractivity contribution in [3.8, 4) is 0 Å². The summed E-state index contributed by atoms with van der Waals surface area (Å²) in [6.07, 6.45) is 1.84. The Labute approximate surface area is 106 Å². The Morgan fingerprint density at radius 2 is 2.06 bits per heavy atom. The highest BCUT2D eigenvalue weighted by atomic mass is 15.1. The van der Waals surface area contributed by atoms with Gasteiger partial charge in [-0.25, -0.2) is 0 Å². The summed E-state index contributed by atoms with van der Waals surface area (Å²) in [4.78, 5) is 0. The van der Waals surface area contributed by atoms with Crippen LogP contribution in [0.25, 0.3) is 10.9 Å². The van der Waals surface area contributed by atoms with Crippen LogP contribution < -0.4 is 5.32 Å². The van der Waals surface area contributed by atoms with E-state index in [2.05, 4.69) is 58.8 Å². The van der Waals surface area contributed by atoms with Crippen LogP contribution in [0.3, 0.4) is 0 Å². The third-order valence-corrected chi connectivity index (χ3v) is 3.18. The number of rotatable bonds is 3. The van der Waals surface area contributed by atoms with E-state index in [1.807, 2.05) is 12.3 Å². The fraction of sp³-hybridized carbons (Fsp3) is 0.133. The van der Waals surface area contributed by atoms with Gasteiger partial charge >= 0.3 is 0 Å². The summed E-state index contributed by atoms with van der Waals surface area (Å²) in [6, 6.07) is 14.6. The SMILES string of the molecule is Cc1ccccc1CNc1ccc2[nH]ncc2c1. The van der Waals surface area contributed by atoms with Crippen molar-refractivity contribution in [2.45, 2.75) is 13.5 Å². The molecule has 2 N–H and O–H groups in total. The van der Waals surface area contributed by atoms with Gasteiger partial charge in [0.2, 0.25) is 0 Å². The van der Waals surface area contributed by atoms with E-state index in [0.29, 0.717) is 0 Å². The minimum absolute atomic E-state index is 0.843. The van der Waals surface area contributed by atoms with Crippen molar-refractivity contribution in [2.75, 3.05) is 5.32 Å². The van der Waals surface area contributed by atoms with E-state index < -0.39 is 0 Å². The van der Waals surface area contributed by atoms with Crippen molar-refractivity contribution >= 4 is 16.6 Å². The van der Waals surface area contributed by atoms with Crippen LogP contribution in [0.1, 0.15) is 11.1 Å². The first-order valence-electron chi connectivity index (χ1n) is 6.04. The second-order valence-electron chi connectivity index (χ2n) is 4.45. The minimum Gasteiger partial charge on any atom is -0.381 e. The Kier molecular flexibility index (Phi) is 2.73. The van der Waals surface area contributed by atoms with Crippen molar-refractivity contribution in [1.82, 2.24) is 10.2 Å². The number of fused-ring (bicyclic) bond motifs is 1. The van der Waals surface area contributed by atoms with Gasteiger partial charge in [0.25, 0.3) is 0 Å². The van der Waals surface area contributed by atoms with E-state index in [9.17, 15) is 0 Å². The fourth-order valence-electron chi connectivity index (χ4n) is 2.06. The highest BCUT2D eigenvalue weighted by Crippen LogP contribution is 2.18. The lowest BCUT2D eigenvalue weighted by atomic mass is 10.1. The molecule has 18 heavy (non-hydrogen) atoms. The van der Waals surface area contributed by atoms with Gasteiger partial charge in [-0.1, -0.05) is 24.3 Å². The van der Waals surface area contributed by atoms with E-state index in [1.54, 1.807) is 0 Å². The van der Waals surface area contributed by atoms with E-state index in [0.717, 1.165) is 23.1 Å². The number of aryl methyl sites for hydroxylation is 1.